The summed E-state index contributed by atoms with van der Waals surface area (Å²) in [7, 11) is 1.48. The number of nitrogens with zero attached hydrogens (tertiary/aromatic N) is 1. The number of amides is 1. The monoisotopic (exact) mass is 437 g/mol. The molecule has 1 unspecified atom stereocenters. The fourth-order valence-corrected chi connectivity index (χ4v) is 3.91. The second kappa shape index (κ2) is 7.96. The summed E-state index contributed by atoms with van der Waals surface area (Å²) in [4.78, 5) is 27.6. The van der Waals surface area contributed by atoms with Gasteiger partial charge < -0.3 is 14.3 Å². The van der Waals surface area contributed by atoms with Gasteiger partial charge in [-0.1, -0.05) is 23.7 Å². The van der Waals surface area contributed by atoms with E-state index in [0.29, 0.717) is 23.0 Å². The maximum atomic E-state index is 13.1. The highest BCUT2D eigenvalue weighted by Crippen LogP contribution is 2.43. The summed E-state index contributed by atoms with van der Waals surface area (Å²) < 4.78 is 11.0. The molecule has 4 rings (SSSR count). The van der Waals surface area contributed by atoms with E-state index in [2.05, 4.69) is 0 Å². The van der Waals surface area contributed by atoms with Crippen LogP contribution in [-0.2, 0) is 9.59 Å². The molecule has 3 aromatic rings. The zero-order chi connectivity index (χ0) is 22.3. The van der Waals surface area contributed by atoms with Crippen molar-refractivity contribution in [1.82, 2.24) is 0 Å². The highest BCUT2D eigenvalue weighted by atomic mass is 35.5. The largest absolute Gasteiger partial charge is 0.507 e. The van der Waals surface area contributed by atoms with Crippen molar-refractivity contribution >= 4 is 34.7 Å². The molecule has 31 heavy (non-hydrogen) atoms. The van der Waals surface area contributed by atoms with Crippen molar-refractivity contribution in [2.75, 3.05) is 12.0 Å². The zero-order valence-corrected chi connectivity index (χ0v) is 17.9. The molecule has 1 amide bonds. The smallest absolute Gasteiger partial charge is 0.300 e. The van der Waals surface area contributed by atoms with Crippen LogP contribution >= 0.6 is 11.6 Å². The second-order valence-electron chi connectivity index (χ2n) is 7.30. The molecule has 1 aromatic heterocycles. The SMILES string of the molecule is COc1ccc(Cl)c(/C(O)=C2\C(=O)C(=O)N(c3cccc(C)c3)C2c2ccc(C)o2)c1. The lowest BCUT2D eigenvalue weighted by atomic mass is 9.99. The fraction of sp³-hybridized carbons (Fsp3) is 0.167. The molecule has 2 aromatic carbocycles. The number of aliphatic hydroxyl groups is 1. The minimum atomic E-state index is -0.947. The predicted molar refractivity (Wildman–Crippen MR) is 117 cm³/mol. The maximum Gasteiger partial charge on any atom is 0.300 e. The summed E-state index contributed by atoms with van der Waals surface area (Å²) in [6, 6.07) is 14.4. The van der Waals surface area contributed by atoms with Crippen LogP contribution in [0.2, 0.25) is 5.02 Å². The third kappa shape index (κ3) is 3.59. The number of Topliss-reactive ketones (excluding diaryl/α,β-unsaturated/α-hetero) is 1. The number of furan rings is 1. The number of carbonyl (C=O) groups excluding carboxylic acids is 2. The first-order valence-corrected chi connectivity index (χ1v) is 9.97. The molecule has 7 heteroatoms. The number of hydrogen-bond donors (Lipinski definition) is 1. The zero-order valence-electron chi connectivity index (χ0n) is 17.2. The Morgan fingerprint density at radius 1 is 1.10 bits per heavy atom. The van der Waals surface area contributed by atoms with Crippen molar-refractivity contribution < 1.29 is 23.8 Å². The second-order valence-corrected chi connectivity index (χ2v) is 7.71. The van der Waals surface area contributed by atoms with Gasteiger partial charge in [0.2, 0.25) is 0 Å². The van der Waals surface area contributed by atoms with Crippen LogP contribution in [-0.4, -0.2) is 23.9 Å². The van der Waals surface area contributed by atoms with Crippen LogP contribution in [0.5, 0.6) is 5.75 Å². The van der Waals surface area contributed by atoms with E-state index in [1.807, 2.05) is 13.0 Å². The molecule has 158 valence electrons. The number of aliphatic hydroxyl groups excluding tert-OH is 1. The van der Waals surface area contributed by atoms with Crippen LogP contribution in [0.25, 0.3) is 5.76 Å². The van der Waals surface area contributed by atoms with E-state index in [-0.39, 0.29) is 16.2 Å². The fourth-order valence-electron chi connectivity index (χ4n) is 3.70. The number of aryl methyl sites for hydroxylation is 2. The van der Waals surface area contributed by atoms with Crippen LogP contribution in [0.3, 0.4) is 0 Å². The van der Waals surface area contributed by atoms with Crippen molar-refractivity contribution in [3.63, 3.8) is 0 Å². The summed E-state index contributed by atoms with van der Waals surface area (Å²) in [6.45, 7) is 3.66. The third-order valence-electron chi connectivity index (χ3n) is 5.18. The molecule has 0 saturated carbocycles. The molecule has 1 N–H and O–H groups in total. The van der Waals surface area contributed by atoms with Gasteiger partial charge in [-0.3, -0.25) is 14.5 Å². The van der Waals surface area contributed by atoms with Crippen molar-refractivity contribution in [2.24, 2.45) is 0 Å². The molecule has 6 nitrogen and oxygen atoms in total. The molecule has 1 aliphatic rings. The van der Waals surface area contributed by atoms with Crippen molar-refractivity contribution in [1.29, 1.82) is 0 Å². The summed E-state index contributed by atoms with van der Waals surface area (Å²) >= 11 is 6.30. The molecule has 0 spiro atoms. The number of benzene rings is 2. The van der Waals surface area contributed by atoms with Crippen LogP contribution in [0.4, 0.5) is 5.69 Å². The highest BCUT2D eigenvalue weighted by molar-refractivity contribution is 6.52. The molecule has 2 heterocycles. The Kier molecular flexibility index (Phi) is 5.33. The minimum Gasteiger partial charge on any atom is -0.507 e. The van der Waals surface area contributed by atoms with Crippen LogP contribution in [0, 0.1) is 13.8 Å². The number of rotatable bonds is 4. The van der Waals surface area contributed by atoms with Gasteiger partial charge in [-0.25, -0.2) is 0 Å². The molecule has 1 aliphatic heterocycles. The average molecular weight is 438 g/mol. The van der Waals surface area contributed by atoms with Crippen LogP contribution in [0.1, 0.15) is 28.7 Å². The van der Waals surface area contributed by atoms with Crippen molar-refractivity contribution in [3.8, 4) is 5.75 Å². The first kappa shape index (κ1) is 20.8. The normalized spacial score (nSPS) is 17.9. The van der Waals surface area contributed by atoms with Gasteiger partial charge in [0, 0.05) is 11.3 Å². The van der Waals surface area contributed by atoms with E-state index >= 15 is 0 Å². The Labute approximate surface area is 184 Å². The van der Waals surface area contributed by atoms with Gasteiger partial charge in [0.05, 0.1) is 17.7 Å². The molecule has 1 saturated heterocycles. The third-order valence-corrected chi connectivity index (χ3v) is 5.51. The number of hydrogen-bond acceptors (Lipinski definition) is 5. The van der Waals surface area contributed by atoms with Gasteiger partial charge in [-0.2, -0.15) is 0 Å². The number of anilines is 1. The van der Waals surface area contributed by atoms with E-state index in [0.717, 1.165) is 5.56 Å². The van der Waals surface area contributed by atoms with E-state index in [1.165, 1.54) is 18.1 Å². The Bertz CT molecular complexity index is 1230. The average Bonchev–Trinajstić information content (AvgIpc) is 3.29. The van der Waals surface area contributed by atoms with Gasteiger partial charge in [0.15, 0.2) is 0 Å². The van der Waals surface area contributed by atoms with Gasteiger partial charge in [0.1, 0.15) is 29.1 Å². The lowest BCUT2D eigenvalue weighted by molar-refractivity contribution is -0.132. The number of methoxy groups -OCH3 is 1. The molecule has 0 radical (unpaired) electrons. The molecule has 1 atom stereocenters. The minimum absolute atomic E-state index is 0.101. The first-order valence-electron chi connectivity index (χ1n) is 9.59. The number of halogens is 1. The van der Waals surface area contributed by atoms with Gasteiger partial charge in [-0.15, -0.1) is 0 Å². The van der Waals surface area contributed by atoms with Crippen molar-refractivity contribution in [2.45, 2.75) is 19.9 Å². The Morgan fingerprint density at radius 3 is 2.52 bits per heavy atom. The molecule has 0 bridgehead atoms. The lowest BCUT2D eigenvalue weighted by Gasteiger charge is -2.23. The maximum absolute atomic E-state index is 13.1. The first-order chi connectivity index (χ1) is 14.8. The van der Waals surface area contributed by atoms with E-state index in [9.17, 15) is 14.7 Å². The van der Waals surface area contributed by atoms with Gasteiger partial charge in [0.25, 0.3) is 11.7 Å². The molecular weight excluding hydrogens is 418 g/mol. The standard InChI is InChI=1S/C24H20ClNO5/c1-13-5-4-6-15(11-13)26-21(19-10-7-14(2)31-19)20(23(28)24(26)29)22(27)17-12-16(30-3)8-9-18(17)25/h4-12,21,27H,1-3H3/b22-20+. The predicted octanol–water partition coefficient (Wildman–Crippen LogP) is 5.18. The number of ether oxygens (including phenoxy) is 1. The van der Waals surface area contributed by atoms with E-state index in [4.69, 9.17) is 20.8 Å². The van der Waals surface area contributed by atoms with Gasteiger partial charge in [-0.05, 0) is 61.9 Å². The van der Waals surface area contributed by atoms with Crippen LogP contribution in [0.15, 0.2) is 64.6 Å². The van der Waals surface area contributed by atoms with Crippen LogP contribution < -0.4 is 9.64 Å². The number of ketones is 1. The summed E-state index contributed by atoms with van der Waals surface area (Å²) in [6.07, 6.45) is 0. The van der Waals surface area contributed by atoms with E-state index < -0.39 is 23.5 Å². The van der Waals surface area contributed by atoms with Crippen molar-refractivity contribution in [3.05, 3.63) is 87.8 Å². The highest BCUT2D eigenvalue weighted by Gasteiger charge is 2.48. The summed E-state index contributed by atoms with van der Waals surface area (Å²) in [5.41, 5.74) is 1.54. The van der Waals surface area contributed by atoms with E-state index in [1.54, 1.807) is 49.4 Å². The topological polar surface area (TPSA) is 80.0 Å². The number of carbonyl (C=O) groups is 2. The molecular formula is C24H20ClNO5. The summed E-state index contributed by atoms with van der Waals surface area (Å²) in [5, 5.41) is 11.4. The summed E-state index contributed by atoms with van der Waals surface area (Å²) in [5.74, 6) is -0.550. The lowest BCUT2D eigenvalue weighted by Crippen LogP contribution is -2.29. The Morgan fingerprint density at radius 2 is 1.87 bits per heavy atom. The van der Waals surface area contributed by atoms with Gasteiger partial charge >= 0.3 is 0 Å². The molecule has 1 fully saturated rings. The molecule has 0 aliphatic carbocycles. The Balaban J connectivity index is 1.97. The quantitative estimate of drug-likeness (QED) is 0.345. The Hall–Kier alpha value is -3.51.